The topological polar surface area (TPSA) is 23.5 Å². The van der Waals surface area contributed by atoms with Crippen LogP contribution in [0.15, 0.2) is 18.2 Å². The van der Waals surface area contributed by atoms with Crippen LogP contribution in [0.25, 0.3) is 0 Å². The maximum absolute atomic E-state index is 13.4. The molecular formula is C13H20FNO. The molecule has 1 N–H and O–H groups in total. The van der Waals surface area contributed by atoms with Crippen molar-refractivity contribution in [3.8, 4) is 0 Å². The summed E-state index contributed by atoms with van der Waals surface area (Å²) in [5.41, 5.74) is 1.16. The number of halogens is 1. The molecule has 0 aliphatic rings. The highest BCUT2D eigenvalue weighted by Crippen LogP contribution is 2.23. The molecule has 3 heteroatoms. The van der Waals surface area contributed by atoms with E-state index in [0.717, 1.165) is 18.7 Å². The molecule has 16 heavy (non-hydrogen) atoms. The molecule has 0 radical (unpaired) electrons. The van der Waals surface area contributed by atoms with E-state index in [1.54, 1.807) is 6.07 Å². The van der Waals surface area contributed by atoms with Crippen LogP contribution >= 0.6 is 0 Å². The minimum absolute atomic E-state index is 0.257. The molecule has 0 spiro atoms. The molecule has 0 saturated heterocycles. The Balaban J connectivity index is 2.90. The molecule has 90 valence electrons. The Morgan fingerprint density at radius 1 is 1.44 bits per heavy atom. The van der Waals surface area contributed by atoms with Crippen molar-refractivity contribution in [2.75, 3.05) is 18.5 Å². The Morgan fingerprint density at radius 2 is 2.12 bits per heavy atom. The molecule has 0 aliphatic heterocycles. The third-order valence-electron chi connectivity index (χ3n) is 2.95. The van der Waals surface area contributed by atoms with Crippen molar-refractivity contribution in [1.29, 1.82) is 0 Å². The van der Waals surface area contributed by atoms with Crippen molar-refractivity contribution >= 4 is 5.69 Å². The molecule has 0 bridgehead atoms. The van der Waals surface area contributed by atoms with Gasteiger partial charge in [-0.05, 0) is 18.1 Å². The lowest BCUT2D eigenvalue weighted by Gasteiger charge is -2.25. The molecule has 1 aromatic carbocycles. The lowest BCUT2D eigenvalue weighted by molar-refractivity contribution is 0.276. The van der Waals surface area contributed by atoms with Crippen molar-refractivity contribution in [3.05, 3.63) is 29.6 Å². The van der Waals surface area contributed by atoms with E-state index in [-0.39, 0.29) is 12.4 Å². The number of aliphatic hydroxyl groups is 1. The Morgan fingerprint density at radius 3 is 2.69 bits per heavy atom. The van der Waals surface area contributed by atoms with Gasteiger partial charge in [0.05, 0.1) is 6.61 Å². The summed E-state index contributed by atoms with van der Waals surface area (Å²) < 4.78 is 13.4. The van der Waals surface area contributed by atoms with Gasteiger partial charge in [0.2, 0.25) is 0 Å². The van der Waals surface area contributed by atoms with Crippen LogP contribution in [0.2, 0.25) is 0 Å². The van der Waals surface area contributed by atoms with Crippen LogP contribution in [0.5, 0.6) is 0 Å². The molecule has 1 unspecified atom stereocenters. The van der Waals surface area contributed by atoms with E-state index in [0.29, 0.717) is 11.5 Å². The number of benzene rings is 1. The van der Waals surface area contributed by atoms with Crippen molar-refractivity contribution in [2.24, 2.45) is 5.92 Å². The van der Waals surface area contributed by atoms with Gasteiger partial charge < -0.3 is 10.0 Å². The first-order chi connectivity index (χ1) is 7.60. The second kappa shape index (κ2) is 5.85. The molecule has 0 fully saturated rings. The summed E-state index contributed by atoms with van der Waals surface area (Å²) in [5.74, 6) is 0.218. The standard InChI is InChI=1S/C13H20FNO/c1-4-10(2)8-15(3)13-7-5-6-12(14)11(13)9-16/h5-7,10,16H,4,8-9H2,1-3H3. The van der Waals surface area contributed by atoms with Gasteiger partial charge in [-0.15, -0.1) is 0 Å². The summed E-state index contributed by atoms with van der Waals surface area (Å²) in [6, 6.07) is 4.90. The Hall–Kier alpha value is -1.09. The SMILES string of the molecule is CCC(C)CN(C)c1cccc(F)c1CO. The largest absolute Gasteiger partial charge is 0.391 e. The van der Waals surface area contributed by atoms with E-state index in [1.165, 1.54) is 6.07 Å². The van der Waals surface area contributed by atoms with Crippen molar-refractivity contribution in [2.45, 2.75) is 26.9 Å². The highest BCUT2D eigenvalue weighted by atomic mass is 19.1. The molecular weight excluding hydrogens is 205 g/mol. The van der Waals surface area contributed by atoms with Gasteiger partial charge in [0.25, 0.3) is 0 Å². The van der Waals surface area contributed by atoms with Crippen LogP contribution in [0, 0.1) is 11.7 Å². The molecule has 1 atom stereocenters. The van der Waals surface area contributed by atoms with E-state index in [9.17, 15) is 9.50 Å². The maximum Gasteiger partial charge on any atom is 0.130 e. The highest BCUT2D eigenvalue weighted by Gasteiger charge is 2.12. The molecule has 0 aliphatic carbocycles. The average molecular weight is 225 g/mol. The van der Waals surface area contributed by atoms with Crippen molar-refractivity contribution in [3.63, 3.8) is 0 Å². The summed E-state index contributed by atoms with van der Waals surface area (Å²) >= 11 is 0. The number of aliphatic hydroxyl groups excluding tert-OH is 1. The van der Waals surface area contributed by atoms with Gasteiger partial charge in [0.15, 0.2) is 0 Å². The monoisotopic (exact) mass is 225 g/mol. The number of anilines is 1. The van der Waals surface area contributed by atoms with E-state index < -0.39 is 0 Å². The van der Waals surface area contributed by atoms with E-state index in [2.05, 4.69) is 13.8 Å². The number of hydrogen-bond acceptors (Lipinski definition) is 2. The van der Waals surface area contributed by atoms with Crippen LogP contribution in [0.1, 0.15) is 25.8 Å². The van der Waals surface area contributed by atoms with Gasteiger partial charge in [-0.2, -0.15) is 0 Å². The lowest BCUT2D eigenvalue weighted by atomic mass is 10.1. The number of hydrogen-bond donors (Lipinski definition) is 1. The van der Waals surface area contributed by atoms with Crippen LogP contribution in [-0.4, -0.2) is 18.7 Å². The van der Waals surface area contributed by atoms with Crippen LogP contribution in [0.4, 0.5) is 10.1 Å². The number of nitrogens with zero attached hydrogens (tertiary/aromatic N) is 1. The normalized spacial score (nSPS) is 12.6. The second-order valence-electron chi connectivity index (χ2n) is 4.29. The molecule has 0 amide bonds. The van der Waals surface area contributed by atoms with Gasteiger partial charge in [0, 0.05) is 24.8 Å². The fraction of sp³-hybridized carbons (Fsp3) is 0.538. The zero-order valence-corrected chi connectivity index (χ0v) is 10.2. The van der Waals surface area contributed by atoms with Crippen LogP contribution < -0.4 is 4.90 Å². The zero-order chi connectivity index (χ0) is 12.1. The summed E-state index contributed by atoms with van der Waals surface area (Å²) in [6.45, 7) is 4.91. The Labute approximate surface area is 96.7 Å². The van der Waals surface area contributed by atoms with E-state index in [1.807, 2.05) is 18.0 Å². The van der Waals surface area contributed by atoms with E-state index in [4.69, 9.17) is 0 Å². The van der Waals surface area contributed by atoms with Gasteiger partial charge in [0.1, 0.15) is 5.82 Å². The smallest absolute Gasteiger partial charge is 0.130 e. The lowest BCUT2D eigenvalue weighted by Crippen LogP contribution is -2.25. The molecule has 0 heterocycles. The molecule has 0 aromatic heterocycles. The summed E-state index contributed by atoms with van der Waals surface area (Å²) in [4.78, 5) is 2.00. The highest BCUT2D eigenvalue weighted by molar-refractivity contribution is 5.53. The fourth-order valence-electron chi connectivity index (χ4n) is 1.76. The maximum atomic E-state index is 13.4. The third-order valence-corrected chi connectivity index (χ3v) is 2.95. The third kappa shape index (κ3) is 2.95. The first-order valence-electron chi connectivity index (χ1n) is 5.69. The number of rotatable bonds is 5. The Kier molecular flexibility index (Phi) is 4.74. The fourth-order valence-corrected chi connectivity index (χ4v) is 1.76. The molecule has 0 saturated carbocycles. The summed E-state index contributed by atoms with van der Waals surface area (Å²) in [5, 5.41) is 9.17. The first-order valence-corrected chi connectivity index (χ1v) is 5.69. The minimum Gasteiger partial charge on any atom is -0.391 e. The predicted octanol–water partition coefficient (Wildman–Crippen LogP) is 2.80. The van der Waals surface area contributed by atoms with Gasteiger partial charge in [-0.1, -0.05) is 26.3 Å². The minimum atomic E-state index is -0.337. The zero-order valence-electron chi connectivity index (χ0n) is 10.2. The average Bonchev–Trinajstić information content (AvgIpc) is 2.28. The van der Waals surface area contributed by atoms with Crippen LogP contribution in [-0.2, 0) is 6.61 Å². The van der Waals surface area contributed by atoms with Gasteiger partial charge >= 0.3 is 0 Å². The quantitative estimate of drug-likeness (QED) is 0.833. The molecule has 2 nitrogen and oxygen atoms in total. The first kappa shape index (κ1) is 13.0. The van der Waals surface area contributed by atoms with Gasteiger partial charge in [-0.3, -0.25) is 0 Å². The van der Waals surface area contributed by atoms with Gasteiger partial charge in [-0.25, -0.2) is 4.39 Å². The van der Waals surface area contributed by atoms with Crippen LogP contribution in [0.3, 0.4) is 0 Å². The second-order valence-corrected chi connectivity index (χ2v) is 4.29. The molecule has 1 rings (SSSR count). The molecule has 1 aromatic rings. The Bertz CT molecular complexity index is 341. The summed E-state index contributed by atoms with van der Waals surface area (Å²) in [6.07, 6.45) is 1.09. The van der Waals surface area contributed by atoms with Crippen molar-refractivity contribution < 1.29 is 9.50 Å². The summed E-state index contributed by atoms with van der Waals surface area (Å²) in [7, 11) is 1.93. The predicted molar refractivity (Wildman–Crippen MR) is 65.0 cm³/mol. The van der Waals surface area contributed by atoms with Crippen molar-refractivity contribution in [1.82, 2.24) is 0 Å². The van der Waals surface area contributed by atoms with E-state index >= 15 is 0 Å².